The summed E-state index contributed by atoms with van der Waals surface area (Å²) in [7, 11) is 0. The lowest BCUT2D eigenvalue weighted by Gasteiger charge is -2.22. The highest BCUT2D eigenvalue weighted by atomic mass is 32.1. The van der Waals surface area contributed by atoms with Gasteiger partial charge < -0.3 is 15.0 Å². The smallest absolute Gasteiger partial charge is 0.257 e. The highest BCUT2D eigenvalue weighted by Gasteiger charge is 2.14. The Balaban J connectivity index is 1.52. The van der Waals surface area contributed by atoms with E-state index >= 15 is 0 Å². The van der Waals surface area contributed by atoms with E-state index in [4.69, 9.17) is 27.2 Å². The number of carbonyl (C=O) groups excluding carboxylic acids is 1. The highest BCUT2D eigenvalue weighted by Crippen LogP contribution is 2.25. The van der Waals surface area contributed by atoms with Gasteiger partial charge in [-0.1, -0.05) is 6.07 Å². The van der Waals surface area contributed by atoms with Crippen molar-refractivity contribution < 1.29 is 9.53 Å². The second kappa shape index (κ2) is 11.4. The van der Waals surface area contributed by atoms with Gasteiger partial charge in [-0.25, -0.2) is 0 Å². The molecule has 4 rings (SSSR count). The van der Waals surface area contributed by atoms with E-state index in [2.05, 4.69) is 54.5 Å². The zero-order chi connectivity index (χ0) is 26.5. The Morgan fingerprint density at radius 1 is 0.973 bits per heavy atom. The van der Waals surface area contributed by atoms with E-state index in [1.165, 1.54) is 5.69 Å². The first-order valence-corrected chi connectivity index (χ1v) is 12.8. The molecule has 4 aromatic rings. The number of nitrogens with zero attached hydrogens (tertiary/aromatic N) is 4. The van der Waals surface area contributed by atoms with E-state index in [-0.39, 0.29) is 11.0 Å². The summed E-state index contributed by atoms with van der Waals surface area (Å²) < 4.78 is 5.48. The molecule has 37 heavy (non-hydrogen) atoms. The van der Waals surface area contributed by atoms with Crippen molar-refractivity contribution in [2.24, 2.45) is 0 Å². The van der Waals surface area contributed by atoms with Crippen LogP contribution in [0.3, 0.4) is 0 Å². The monoisotopic (exact) mass is 516 g/mol. The van der Waals surface area contributed by atoms with Crippen LogP contribution in [-0.4, -0.2) is 45.7 Å². The fourth-order valence-electron chi connectivity index (χ4n) is 4.18. The van der Waals surface area contributed by atoms with E-state index in [1.54, 1.807) is 23.0 Å². The van der Waals surface area contributed by atoms with E-state index < -0.39 is 0 Å². The number of anilines is 2. The maximum atomic E-state index is 12.7. The van der Waals surface area contributed by atoms with Crippen LogP contribution in [0.25, 0.3) is 16.7 Å². The Labute approximate surface area is 222 Å². The molecular formula is C28H32N6O2S. The number of rotatable bonds is 8. The van der Waals surface area contributed by atoms with Gasteiger partial charge in [-0.15, -0.1) is 10.2 Å². The van der Waals surface area contributed by atoms with Crippen molar-refractivity contribution in [3.05, 3.63) is 71.3 Å². The first-order valence-electron chi connectivity index (χ1n) is 12.4. The topological polar surface area (TPSA) is 84.3 Å². The predicted octanol–water partition coefficient (Wildman–Crippen LogP) is 5.41. The van der Waals surface area contributed by atoms with E-state index in [0.29, 0.717) is 17.9 Å². The number of hydrogen-bond donors (Lipinski definition) is 2. The van der Waals surface area contributed by atoms with Crippen molar-refractivity contribution in [1.82, 2.24) is 20.3 Å². The maximum Gasteiger partial charge on any atom is 0.257 e. The molecule has 0 saturated heterocycles. The van der Waals surface area contributed by atoms with E-state index in [9.17, 15) is 4.79 Å². The second-order valence-corrected chi connectivity index (χ2v) is 9.07. The van der Waals surface area contributed by atoms with Crippen LogP contribution in [-0.2, 0) is 0 Å². The summed E-state index contributed by atoms with van der Waals surface area (Å²) in [4.78, 5) is 16.6. The molecule has 8 nitrogen and oxygen atoms in total. The molecule has 0 aliphatic carbocycles. The first kappa shape index (κ1) is 26.1. The van der Waals surface area contributed by atoms with Gasteiger partial charge in [0.1, 0.15) is 16.8 Å². The Morgan fingerprint density at radius 3 is 2.38 bits per heavy atom. The SMILES string of the molecule is CCOc1cccc(C(=O)NC(=S)Nc2cc3nn(-c4ccc(N(CC)CC)cc4C)nc3cc2C)c1. The molecule has 1 amide bonds. The van der Waals surface area contributed by atoms with Crippen LogP contribution in [0, 0.1) is 13.8 Å². The first-order chi connectivity index (χ1) is 17.8. The normalized spacial score (nSPS) is 10.8. The summed E-state index contributed by atoms with van der Waals surface area (Å²) >= 11 is 5.41. The second-order valence-electron chi connectivity index (χ2n) is 8.66. The molecule has 0 fully saturated rings. The summed E-state index contributed by atoms with van der Waals surface area (Å²) in [5.41, 5.74) is 6.85. The van der Waals surface area contributed by atoms with Gasteiger partial charge in [0.2, 0.25) is 0 Å². The van der Waals surface area contributed by atoms with Gasteiger partial charge in [0.15, 0.2) is 5.11 Å². The maximum absolute atomic E-state index is 12.7. The molecule has 192 valence electrons. The van der Waals surface area contributed by atoms with Crippen LogP contribution in [0.4, 0.5) is 11.4 Å². The summed E-state index contributed by atoms with van der Waals surface area (Å²) in [6.07, 6.45) is 0. The van der Waals surface area contributed by atoms with E-state index in [0.717, 1.165) is 46.6 Å². The van der Waals surface area contributed by atoms with Crippen LogP contribution in [0.5, 0.6) is 5.75 Å². The standard InChI is InChI=1S/C28H32N6O2S/c1-6-33(7-2)21-12-13-26(19(5)14-21)34-31-24-15-18(4)23(17-25(24)32-34)29-28(37)30-27(35)20-10-9-11-22(16-20)36-8-3/h9-17H,6-8H2,1-5H3,(H2,29,30,35,37). The quantitative estimate of drug-likeness (QED) is 0.303. The molecule has 0 bridgehead atoms. The van der Waals surface area contributed by atoms with Crippen molar-refractivity contribution in [3.63, 3.8) is 0 Å². The Kier molecular flexibility index (Phi) is 8.03. The molecule has 0 unspecified atom stereocenters. The van der Waals surface area contributed by atoms with Gasteiger partial charge >= 0.3 is 0 Å². The molecule has 0 radical (unpaired) electrons. The fraction of sp³-hybridized carbons (Fsp3) is 0.286. The Bertz CT molecular complexity index is 1440. The molecule has 1 aromatic heterocycles. The van der Waals surface area contributed by atoms with Crippen molar-refractivity contribution in [3.8, 4) is 11.4 Å². The number of nitrogens with one attached hydrogen (secondary N) is 2. The minimum atomic E-state index is -0.313. The number of benzene rings is 3. The summed E-state index contributed by atoms with van der Waals surface area (Å²) in [6.45, 7) is 12.7. The number of thiocarbonyl (C=S) groups is 1. The third-order valence-electron chi connectivity index (χ3n) is 6.13. The van der Waals surface area contributed by atoms with Crippen molar-refractivity contribution in [1.29, 1.82) is 0 Å². The third kappa shape index (κ3) is 5.89. The molecule has 2 N–H and O–H groups in total. The number of carbonyl (C=O) groups is 1. The van der Waals surface area contributed by atoms with Gasteiger partial charge in [-0.3, -0.25) is 10.1 Å². The number of aryl methyl sites for hydroxylation is 2. The van der Waals surface area contributed by atoms with Gasteiger partial charge in [-0.2, -0.15) is 4.80 Å². The van der Waals surface area contributed by atoms with E-state index in [1.807, 2.05) is 32.0 Å². The molecular weight excluding hydrogens is 484 g/mol. The molecule has 0 aliphatic heterocycles. The van der Waals surface area contributed by atoms with Crippen LogP contribution in [0.2, 0.25) is 0 Å². The Hall–Kier alpha value is -3.98. The number of hydrogen-bond acceptors (Lipinski definition) is 6. The minimum absolute atomic E-state index is 0.199. The van der Waals surface area contributed by atoms with Crippen molar-refractivity contribution in [2.75, 3.05) is 29.9 Å². The van der Waals surface area contributed by atoms with Crippen LogP contribution < -0.4 is 20.3 Å². The lowest BCUT2D eigenvalue weighted by atomic mass is 10.1. The largest absolute Gasteiger partial charge is 0.494 e. The van der Waals surface area contributed by atoms with Crippen LogP contribution in [0.15, 0.2) is 54.6 Å². The van der Waals surface area contributed by atoms with Crippen molar-refractivity contribution in [2.45, 2.75) is 34.6 Å². The molecule has 0 aliphatic rings. The molecule has 1 heterocycles. The third-order valence-corrected chi connectivity index (χ3v) is 6.34. The number of ether oxygens (including phenoxy) is 1. The number of amides is 1. The lowest BCUT2D eigenvalue weighted by Crippen LogP contribution is -2.34. The molecule has 0 atom stereocenters. The van der Waals surface area contributed by atoms with Gasteiger partial charge in [0, 0.05) is 30.0 Å². The molecule has 0 spiro atoms. The number of aromatic nitrogens is 3. The minimum Gasteiger partial charge on any atom is -0.494 e. The Morgan fingerprint density at radius 2 is 1.70 bits per heavy atom. The summed E-state index contributed by atoms with van der Waals surface area (Å²) in [5.74, 6) is 0.323. The fourth-order valence-corrected chi connectivity index (χ4v) is 4.39. The molecule has 0 saturated carbocycles. The molecule has 3 aromatic carbocycles. The molecule has 9 heteroatoms. The zero-order valence-corrected chi connectivity index (χ0v) is 22.6. The summed E-state index contributed by atoms with van der Waals surface area (Å²) in [5, 5.41) is 15.5. The highest BCUT2D eigenvalue weighted by molar-refractivity contribution is 7.80. The van der Waals surface area contributed by atoms with Crippen LogP contribution >= 0.6 is 12.2 Å². The lowest BCUT2D eigenvalue weighted by molar-refractivity contribution is 0.0977. The average molecular weight is 517 g/mol. The van der Waals surface area contributed by atoms with Gasteiger partial charge in [0.25, 0.3) is 5.91 Å². The average Bonchev–Trinajstić information content (AvgIpc) is 3.27. The predicted molar refractivity (Wildman–Crippen MR) is 153 cm³/mol. The zero-order valence-electron chi connectivity index (χ0n) is 21.8. The number of fused-ring (bicyclic) bond motifs is 1. The van der Waals surface area contributed by atoms with Gasteiger partial charge in [0.05, 0.1) is 12.3 Å². The van der Waals surface area contributed by atoms with Gasteiger partial charge in [-0.05, 0) is 106 Å². The van der Waals surface area contributed by atoms with Crippen molar-refractivity contribution >= 4 is 45.6 Å². The van der Waals surface area contributed by atoms with Crippen LogP contribution in [0.1, 0.15) is 42.3 Å². The summed E-state index contributed by atoms with van der Waals surface area (Å²) in [6, 6.07) is 17.2.